The zero-order chi connectivity index (χ0) is 14.3. The van der Waals surface area contributed by atoms with Gasteiger partial charge < -0.3 is 0 Å². The van der Waals surface area contributed by atoms with Crippen LogP contribution in [0.15, 0.2) is 34.4 Å². The molecule has 0 spiro atoms. The second-order valence-corrected chi connectivity index (χ2v) is 5.53. The van der Waals surface area contributed by atoms with Gasteiger partial charge in [-0.2, -0.15) is 0 Å². The Labute approximate surface area is 116 Å². The molecule has 0 aromatic carbocycles. The molecule has 0 saturated carbocycles. The lowest BCUT2D eigenvalue weighted by molar-refractivity contribution is 0.405. The molecule has 2 aliphatic carbocycles. The molecule has 2 aliphatic rings. The van der Waals surface area contributed by atoms with Crippen molar-refractivity contribution in [2.75, 3.05) is 0 Å². The van der Waals surface area contributed by atoms with Gasteiger partial charge in [-0.15, -0.1) is 9.79 Å². The minimum Gasteiger partial charge on any atom is -0.134 e. The summed E-state index contributed by atoms with van der Waals surface area (Å²) in [4.78, 5) is 14.2. The number of hydrogen-bond acceptors (Lipinski definition) is 1. The van der Waals surface area contributed by atoms with Crippen molar-refractivity contribution >= 4 is 8.25 Å². The molecule has 0 aromatic rings. The van der Waals surface area contributed by atoms with Crippen LogP contribution in [0, 0.1) is 0 Å². The van der Waals surface area contributed by atoms with Gasteiger partial charge in [0.15, 0.2) is 0 Å². The van der Waals surface area contributed by atoms with E-state index in [1.54, 1.807) is 22.3 Å². The van der Waals surface area contributed by atoms with Crippen LogP contribution in [-0.4, -0.2) is 9.79 Å². The highest BCUT2D eigenvalue weighted by Gasteiger charge is 2.23. The second-order valence-electron chi connectivity index (χ2n) is 5.03. The number of fused-ring (bicyclic) bond motifs is 2. The molecule has 0 atom stereocenters. The van der Waals surface area contributed by atoms with E-state index in [4.69, 9.17) is 14.4 Å². The summed E-state index contributed by atoms with van der Waals surface area (Å²) in [7, 11) is -2.87. The quantitative estimate of drug-likeness (QED) is 0.702. The fourth-order valence-electron chi connectivity index (χ4n) is 2.58. The Morgan fingerprint density at radius 1 is 1.11 bits per heavy atom. The Hall–Kier alpha value is -0.760. The molecular weight excluding hydrogens is 259 g/mol. The van der Waals surface area contributed by atoms with Crippen LogP contribution in [0.2, 0.25) is 0 Å². The Kier molecular flexibility index (Phi) is 7.22. The minimum atomic E-state index is -2.87. The third kappa shape index (κ3) is 5.40. The van der Waals surface area contributed by atoms with E-state index in [2.05, 4.69) is 26.0 Å². The normalized spacial score (nSPS) is 16.0. The number of rotatable bonds is 6. The van der Waals surface area contributed by atoms with Gasteiger partial charge in [0.2, 0.25) is 0 Å². The van der Waals surface area contributed by atoms with E-state index < -0.39 is 8.25 Å². The van der Waals surface area contributed by atoms with Gasteiger partial charge in [-0.25, -0.2) is 0 Å². The molecule has 0 amide bonds. The molecule has 19 heavy (non-hydrogen) atoms. The summed E-state index contributed by atoms with van der Waals surface area (Å²) in [6, 6.07) is 0. The fraction of sp³-hybridized carbons (Fsp3) is 0.600. The molecule has 0 unspecified atom stereocenters. The highest BCUT2D eigenvalue weighted by molar-refractivity contribution is 7.30. The molecule has 3 nitrogen and oxygen atoms in total. The Morgan fingerprint density at radius 2 is 1.68 bits per heavy atom. The van der Waals surface area contributed by atoms with E-state index >= 15 is 0 Å². The third-order valence-electron chi connectivity index (χ3n) is 3.47. The summed E-state index contributed by atoms with van der Waals surface area (Å²) >= 11 is 0. The van der Waals surface area contributed by atoms with E-state index in [-0.39, 0.29) is 0 Å². The first-order chi connectivity index (χ1) is 9.08. The van der Waals surface area contributed by atoms with Crippen molar-refractivity contribution in [3.8, 4) is 0 Å². The summed E-state index contributed by atoms with van der Waals surface area (Å²) in [5.41, 5.74) is 6.56. The SMILES string of the molecule is CCCCC1=CC2=CC(CCCC)=C1C2.O=[P+](O)O. The van der Waals surface area contributed by atoms with Crippen molar-refractivity contribution in [3.05, 3.63) is 34.4 Å². The van der Waals surface area contributed by atoms with Crippen molar-refractivity contribution in [3.63, 3.8) is 0 Å². The Bertz CT molecular complexity index is 415. The highest BCUT2D eigenvalue weighted by Crippen LogP contribution is 2.42. The third-order valence-corrected chi connectivity index (χ3v) is 3.47. The fourth-order valence-corrected chi connectivity index (χ4v) is 2.58. The van der Waals surface area contributed by atoms with Crippen molar-refractivity contribution in [2.45, 2.75) is 58.8 Å². The highest BCUT2D eigenvalue weighted by atomic mass is 31.1. The van der Waals surface area contributed by atoms with Gasteiger partial charge >= 0.3 is 8.25 Å². The molecule has 0 aliphatic heterocycles. The van der Waals surface area contributed by atoms with E-state index in [0.29, 0.717) is 0 Å². The lowest BCUT2D eigenvalue weighted by Crippen LogP contribution is -1.90. The predicted molar refractivity (Wildman–Crippen MR) is 78.9 cm³/mol. The lowest BCUT2D eigenvalue weighted by Gasteiger charge is -2.09. The summed E-state index contributed by atoms with van der Waals surface area (Å²) in [6.45, 7) is 4.55. The van der Waals surface area contributed by atoms with Gasteiger partial charge in [0, 0.05) is 4.57 Å². The number of hydrogen-bond donors (Lipinski definition) is 2. The predicted octanol–water partition coefficient (Wildman–Crippen LogP) is 4.56. The molecule has 2 bridgehead atoms. The van der Waals surface area contributed by atoms with Gasteiger partial charge in [0.05, 0.1) is 0 Å². The van der Waals surface area contributed by atoms with Gasteiger partial charge in [0.25, 0.3) is 0 Å². The average molecular weight is 283 g/mol. The number of allylic oxidation sites excluding steroid dienone is 6. The molecule has 106 valence electrons. The van der Waals surface area contributed by atoms with Gasteiger partial charge in [0.1, 0.15) is 0 Å². The van der Waals surface area contributed by atoms with Gasteiger partial charge in [-0.3, -0.25) is 0 Å². The Balaban J connectivity index is 0.000000399. The van der Waals surface area contributed by atoms with E-state index in [9.17, 15) is 0 Å². The molecule has 2 rings (SSSR count). The first kappa shape index (κ1) is 16.3. The van der Waals surface area contributed by atoms with Crippen LogP contribution in [-0.2, 0) is 4.57 Å². The summed E-state index contributed by atoms with van der Waals surface area (Å²) in [5, 5.41) is 0. The van der Waals surface area contributed by atoms with Crippen molar-refractivity contribution in [2.24, 2.45) is 0 Å². The first-order valence-corrected chi connectivity index (χ1v) is 8.23. The maximum atomic E-state index is 8.70. The summed E-state index contributed by atoms with van der Waals surface area (Å²) in [5.74, 6) is 0. The average Bonchev–Trinajstić information content (AvgIpc) is 2.92. The second kappa shape index (κ2) is 8.42. The van der Waals surface area contributed by atoms with Crippen LogP contribution in [0.1, 0.15) is 58.8 Å². The lowest BCUT2D eigenvalue weighted by atomic mass is 9.96. The maximum Gasteiger partial charge on any atom is 0.692 e. The van der Waals surface area contributed by atoms with Crippen LogP contribution >= 0.6 is 8.25 Å². The minimum absolute atomic E-state index is 1.25. The van der Waals surface area contributed by atoms with E-state index in [1.807, 2.05) is 0 Å². The largest absolute Gasteiger partial charge is 0.692 e. The molecule has 4 heteroatoms. The number of unbranched alkanes of at least 4 members (excludes halogenated alkanes) is 2. The standard InChI is InChI=1S/C15H22.HO3P/c1-3-5-7-13-9-12-10-14(8-6-4-2)15(13)11-12;1-4(2)3/h9-10H,3-8,11H2,1-2H3;(H-,1,2,3)/p+1. The molecule has 0 saturated heterocycles. The van der Waals surface area contributed by atoms with Crippen molar-refractivity contribution < 1.29 is 14.4 Å². The maximum absolute atomic E-state index is 8.70. The molecule has 0 heterocycles. The molecule has 0 fully saturated rings. The zero-order valence-electron chi connectivity index (χ0n) is 11.9. The van der Waals surface area contributed by atoms with Crippen molar-refractivity contribution in [1.82, 2.24) is 0 Å². The molecule has 2 N–H and O–H groups in total. The van der Waals surface area contributed by atoms with Crippen molar-refractivity contribution in [1.29, 1.82) is 0 Å². The zero-order valence-corrected chi connectivity index (χ0v) is 12.7. The van der Waals surface area contributed by atoms with Crippen LogP contribution in [0.4, 0.5) is 0 Å². The molecule has 0 aromatic heterocycles. The van der Waals surface area contributed by atoms with Gasteiger partial charge in [-0.1, -0.05) is 38.8 Å². The molecular formula is C15H24O3P+. The van der Waals surface area contributed by atoms with E-state index in [0.717, 1.165) is 0 Å². The first-order valence-electron chi connectivity index (χ1n) is 7.07. The van der Waals surface area contributed by atoms with Gasteiger partial charge in [-0.05, 0) is 54.4 Å². The van der Waals surface area contributed by atoms with Crippen LogP contribution in [0.5, 0.6) is 0 Å². The Morgan fingerprint density at radius 3 is 2.21 bits per heavy atom. The van der Waals surface area contributed by atoms with E-state index in [1.165, 1.54) is 44.9 Å². The molecule has 0 radical (unpaired) electrons. The van der Waals surface area contributed by atoms with Crippen LogP contribution in [0.3, 0.4) is 0 Å². The monoisotopic (exact) mass is 283 g/mol. The smallest absolute Gasteiger partial charge is 0.134 e. The van der Waals surface area contributed by atoms with Crippen LogP contribution < -0.4 is 0 Å². The van der Waals surface area contributed by atoms with Crippen LogP contribution in [0.25, 0.3) is 0 Å². The summed E-state index contributed by atoms with van der Waals surface area (Å²) in [6.07, 6.45) is 14.0. The topological polar surface area (TPSA) is 57.5 Å². The summed E-state index contributed by atoms with van der Waals surface area (Å²) < 4.78 is 8.70.